The topological polar surface area (TPSA) is 95.2 Å². The van der Waals surface area contributed by atoms with Crippen molar-refractivity contribution in [3.63, 3.8) is 0 Å². The molecule has 1 amide bonds. The summed E-state index contributed by atoms with van der Waals surface area (Å²) in [4.78, 5) is 46.9. The molecular weight excluding hydrogens is 544 g/mol. The predicted molar refractivity (Wildman–Crippen MR) is 166 cm³/mol. The van der Waals surface area contributed by atoms with Crippen LogP contribution in [0.3, 0.4) is 0 Å². The monoisotopic (exact) mass is 584 g/mol. The third kappa shape index (κ3) is 7.72. The molecule has 1 N–H and O–H groups in total. The first-order valence-corrected chi connectivity index (χ1v) is 15.7. The normalized spacial score (nSPS) is 17.5. The fourth-order valence-electron chi connectivity index (χ4n) is 5.27. The van der Waals surface area contributed by atoms with Gasteiger partial charge in [0.15, 0.2) is 0 Å². The molecule has 0 unspecified atom stereocenters. The lowest BCUT2D eigenvalue weighted by Gasteiger charge is -2.32. The Labute approximate surface area is 245 Å². The number of aryl methyl sites for hydroxylation is 1. The van der Waals surface area contributed by atoms with Crippen LogP contribution >= 0.6 is 24.0 Å². The molecule has 4 heterocycles. The number of carboxylic acids is 1. The fourth-order valence-corrected chi connectivity index (χ4v) is 6.56. The maximum atomic E-state index is 13.7. The van der Waals surface area contributed by atoms with E-state index in [1.54, 1.807) is 21.6 Å². The molecule has 8 nitrogen and oxygen atoms in total. The van der Waals surface area contributed by atoms with Gasteiger partial charge in [0.05, 0.1) is 10.5 Å². The van der Waals surface area contributed by atoms with E-state index in [9.17, 15) is 14.4 Å². The number of aliphatic carboxylic acids is 1. The number of rotatable bonds is 13. The van der Waals surface area contributed by atoms with Crippen LogP contribution in [0.5, 0.6) is 0 Å². The first-order chi connectivity index (χ1) is 19.2. The molecule has 2 aromatic heterocycles. The van der Waals surface area contributed by atoms with Gasteiger partial charge in [0.2, 0.25) is 0 Å². The van der Waals surface area contributed by atoms with Gasteiger partial charge in [-0.05, 0) is 56.2 Å². The minimum Gasteiger partial charge on any atom is -0.481 e. The van der Waals surface area contributed by atoms with Crippen LogP contribution < -0.4 is 10.5 Å². The molecule has 0 atom stereocenters. The van der Waals surface area contributed by atoms with Crippen molar-refractivity contribution in [2.45, 2.75) is 84.5 Å². The highest BCUT2D eigenvalue weighted by molar-refractivity contribution is 8.26. The minimum absolute atomic E-state index is 0.139. The van der Waals surface area contributed by atoms with Crippen LogP contribution in [0.4, 0.5) is 5.82 Å². The number of hydrogen-bond acceptors (Lipinski definition) is 7. The Morgan fingerprint density at radius 2 is 1.73 bits per heavy atom. The number of fused-ring (bicyclic) bond motifs is 1. The average Bonchev–Trinajstić information content (AvgIpc) is 3.19. The number of carboxylic acid groups (broad SMARTS) is 1. The van der Waals surface area contributed by atoms with Gasteiger partial charge < -0.3 is 10.0 Å². The van der Waals surface area contributed by atoms with Crippen LogP contribution in [0.25, 0.3) is 11.7 Å². The van der Waals surface area contributed by atoms with Gasteiger partial charge in [0, 0.05) is 32.3 Å². The molecule has 40 heavy (non-hydrogen) atoms. The molecule has 2 saturated heterocycles. The molecule has 2 aromatic rings. The van der Waals surface area contributed by atoms with Crippen LogP contribution in [0.1, 0.15) is 88.7 Å². The average molecular weight is 585 g/mol. The Bertz CT molecular complexity index is 1330. The summed E-state index contributed by atoms with van der Waals surface area (Å²) in [5.41, 5.74) is 1.85. The SMILES string of the molecule is Cc1ccc2nc(N3CCC(C)CC3)c(/C=C3/SC(=S)N(CCCCCCCCCCC(=O)O)C3=O)c(=O)n2c1. The van der Waals surface area contributed by atoms with Crippen molar-refractivity contribution in [2.75, 3.05) is 24.5 Å². The summed E-state index contributed by atoms with van der Waals surface area (Å²) in [7, 11) is 0. The molecule has 0 spiro atoms. The number of nitrogens with zero attached hydrogens (tertiary/aromatic N) is 4. The molecule has 216 valence electrons. The molecule has 4 rings (SSSR count). The van der Waals surface area contributed by atoms with Crippen molar-refractivity contribution >= 4 is 57.7 Å². The van der Waals surface area contributed by atoms with Gasteiger partial charge in [-0.15, -0.1) is 0 Å². The summed E-state index contributed by atoms with van der Waals surface area (Å²) in [5.74, 6) is 0.428. The van der Waals surface area contributed by atoms with Gasteiger partial charge in [-0.1, -0.05) is 75.5 Å². The molecule has 2 fully saturated rings. The number of anilines is 1. The Kier molecular flexibility index (Phi) is 10.8. The zero-order valence-electron chi connectivity index (χ0n) is 23.6. The van der Waals surface area contributed by atoms with E-state index in [4.69, 9.17) is 22.3 Å². The number of unbranched alkanes of at least 4 members (excludes halogenated alkanes) is 7. The number of aromatic nitrogens is 2. The molecule has 0 radical (unpaired) electrons. The number of amides is 1. The number of carbonyl (C=O) groups is 2. The van der Waals surface area contributed by atoms with Crippen LogP contribution in [0, 0.1) is 12.8 Å². The quantitative estimate of drug-likeness (QED) is 0.173. The second kappa shape index (κ2) is 14.3. The van der Waals surface area contributed by atoms with Crippen LogP contribution in [-0.2, 0) is 9.59 Å². The lowest BCUT2D eigenvalue weighted by atomic mass is 9.99. The molecule has 10 heteroatoms. The summed E-state index contributed by atoms with van der Waals surface area (Å²) in [5, 5.41) is 8.70. The highest BCUT2D eigenvalue weighted by Crippen LogP contribution is 2.34. The summed E-state index contributed by atoms with van der Waals surface area (Å²) in [6.07, 6.45) is 13.8. The van der Waals surface area contributed by atoms with Gasteiger partial charge in [-0.25, -0.2) is 4.98 Å². The lowest BCUT2D eigenvalue weighted by molar-refractivity contribution is -0.137. The van der Waals surface area contributed by atoms with E-state index in [2.05, 4.69) is 11.8 Å². The summed E-state index contributed by atoms with van der Waals surface area (Å²) in [6, 6.07) is 3.83. The number of thiocarbonyl (C=S) groups is 1. The molecule has 0 saturated carbocycles. The summed E-state index contributed by atoms with van der Waals surface area (Å²) < 4.78 is 2.11. The van der Waals surface area contributed by atoms with Gasteiger partial charge in [0.1, 0.15) is 15.8 Å². The third-order valence-electron chi connectivity index (χ3n) is 7.74. The van der Waals surface area contributed by atoms with E-state index in [1.165, 1.54) is 11.8 Å². The molecule has 2 aliphatic rings. The van der Waals surface area contributed by atoms with Gasteiger partial charge >= 0.3 is 5.97 Å². The van der Waals surface area contributed by atoms with E-state index >= 15 is 0 Å². The van der Waals surface area contributed by atoms with E-state index in [0.717, 1.165) is 82.9 Å². The van der Waals surface area contributed by atoms with E-state index in [1.807, 2.05) is 19.1 Å². The zero-order chi connectivity index (χ0) is 28.6. The zero-order valence-corrected chi connectivity index (χ0v) is 25.2. The van der Waals surface area contributed by atoms with Crippen LogP contribution in [-0.4, -0.2) is 55.2 Å². The van der Waals surface area contributed by atoms with Gasteiger partial charge in [0.25, 0.3) is 11.5 Å². The van der Waals surface area contributed by atoms with Crippen LogP contribution in [0.15, 0.2) is 28.0 Å². The first kappa shape index (κ1) is 30.2. The maximum Gasteiger partial charge on any atom is 0.303 e. The highest BCUT2D eigenvalue weighted by atomic mass is 32.2. The Balaban J connectivity index is 1.41. The fraction of sp³-hybridized carbons (Fsp3) is 0.567. The standard InChI is InChI=1S/C30H40N4O4S2/c1-21-14-17-32(18-15-21)27-23(28(37)34-20-22(2)12-13-25(34)31-27)19-24-29(38)33(30(39)40-24)16-10-8-6-4-3-5-7-9-11-26(35)36/h12-13,19-21H,3-11,14-18H2,1-2H3,(H,35,36)/b24-19+. The van der Waals surface area contributed by atoms with Gasteiger partial charge in [-0.3, -0.25) is 23.7 Å². The molecule has 2 aliphatic heterocycles. The number of pyridine rings is 1. The third-order valence-corrected chi connectivity index (χ3v) is 9.12. The van der Waals surface area contributed by atoms with Crippen molar-refractivity contribution in [2.24, 2.45) is 5.92 Å². The van der Waals surface area contributed by atoms with E-state index < -0.39 is 5.97 Å². The predicted octanol–water partition coefficient (Wildman–Crippen LogP) is 6.04. The van der Waals surface area contributed by atoms with Crippen molar-refractivity contribution in [3.8, 4) is 0 Å². The van der Waals surface area contributed by atoms with Crippen molar-refractivity contribution in [1.82, 2.24) is 14.3 Å². The summed E-state index contributed by atoms with van der Waals surface area (Å²) in [6.45, 7) is 6.44. The second-order valence-electron chi connectivity index (χ2n) is 11.1. The van der Waals surface area contributed by atoms with Gasteiger partial charge in [-0.2, -0.15) is 0 Å². The largest absolute Gasteiger partial charge is 0.481 e. The molecule has 0 aromatic carbocycles. The maximum absolute atomic E-state index is 13.7. The Hall–Kier alpha value is -2.72. The first-order valence-electron chi connectivity index (χ1n) is 14.5. The highest BCUT2D eigenvalue weighted by Gasteiger charge is 2.32. The minimum atomic E-state index is -0.723. The van der Waals surface area contributed by atoms with E-state index in [0.29, 0.717) is 38.7 Å². The van der Waals surface area contributed by atoms with Crippen molar-refractivity contribution in [3.05, 3.63) is 44.7 Å². The van der Waals surface area contributed by atoms with Crippen molar-refractivity contribution < 1.29 is 14.7 Å². The molecular formula is C30H40N4O4S2. The smallest absolute Gasteiger partial charge is 0.303 e. The molecule has 0 bridgehead atoms. The lowest BCUT2D eigenvalue weighted by Crippen LogP contribution is -2.36. The number of hydrogen-bond donors (Lipinski definition) is 1. The second-order valence-corrected chi connectivity index (χ2v) is 12.7. The molecule has 0 aliphatic carbocycles. The van der Waals surface area contributed by atoms with Crippen molar-refractivity contribution in [1.29, 1.82) is 0 Å². The Morgan fingerprint density at radius 1 is 1.07 bits per heavy atom. The number of carbonyl (C=O) groups excluding carboxylic acids is 1. The summed E-state index contributed by atoms with van der Waals surface area (Å²) >= 11 is 6.83. The van der Waals surface area contributed by atoms with Crippen LogP contribution in [0.2, 0.25) is 0 Å². The van der Waals surface area contributed by atoms with E-state index in [-0.39, 0.29) is 17.9 Å². The number of thioether (sulfide) groups is 1. The number of piperidine rings is 1. The Morgan fingerprint density at radius 3 is 2.40 bits per heavy atom.